The largest absolute Gasteiger partial charge is 0.467 e. The summed E-state index contributed by atoms with van der Waals surface area (Å²) in [5.41, 5.74) is 1.49. The van der Waals surface area contributed by atoms with E-state index in [1.165, 1.54) is 6.92 Å². The van der Waals surface area contributed by atoms with Gasteiger partial charge in [-0.15, -0.1) is 0 Å². The first-order valence-electron chi connectivity index (χ1n) is 9.40. The number of furan rings is 1. The Kier molecular flexibility index (Phi) is 6.13. The van der Waals surface area contributed by atoms with Crippen LogP contribution < -0.4 is 10.6 Å². The molecule has 7 heteroatoms. The van der Waals surface area contributed by atoms with Crippen LogP contribution in [0, 0.1) is 0 Å². The maximum atomic E-state index is 12.8. The Morgan fingerprint density at radius 1 is 1.14 bits per heavy atom. The predicted molar refractivity (Wildman–Crippen MR) is 103 cm³/mol. The molecule has 2 aromatic rings. The smallest absolute Gasteiger partial charge is 0.251 e. The zero-order chi connectivity index (χ0) is 20.1. The molecule has 28 heavy (non-hydrogen) atoms. The van der Waals surface area contributed by atoms with Crippen molar-refractivity contribution < 1.29 is 18.8 Å². The van der Waals surface area contributed by atoms with Crippen molar-refractivity contribution in [3.8, 4) is 0 Å². The Morgan fingerprint density at radius 2 is 1.86 bits per heavy atom. The monoisotopic (exact) mass is 383 g/mol. The molecule has 2 N–H and O–H groups in total. The molecular formula is C21H25N3O4. The molecule has 1 heterocycles. The number of carbonyl (C=O) groups excluding carboxylic acids is 3. The molecule has 1 aromatic heterocycles. The summed E-state index contributed by atoms with van der Waals surface area (Å²) in [6.45, 7) is 3.67. The summed E-state index contributed by atoms with van der Waals surface area (Å²) in [5.74, 6) is 0.118. The van der Waals surface area contributed by atoms with Gasteiger partial charge in [-0.25, -0.2) is 0 Å². The Balaban J connectivity index is 1.69. The van der Waals surface area contributed by atoms with E-state index < -0.39 is 6.04 Å². The van der Waals surface area contributed by atoms with Gasteiger partial charge >= 0.3 is 0 Å². The van der Waals surface area contributed by atoms with Crippen LogP contribution in [-0.4, -0.2) is 34.7 Å². The molecule has 1 fully saturated rings. The van der Waals surface area contributed by atoms with E-state index in [2.05, 4.69) is 10.6 Å². The number of nitrogens with zero attached hydrogens (tertiary/aromatic N) is 1. The van der Waals surface area contributed by atoms with Gasteiger partial charge in [0.1, 0.15) is 11.8 Å². The Hall–Kier alpha value is -3.09. The highest BCUT2D eigenvalue weighted by molar-refractivity contribution is 5.94. The number of hydrogen-bond donors (Lipinski definition) is 2. The first kappa shape index (κ1) is 19.7. The highest BCUT2D eigenvalue weighted by Gasteiger charge is 2.24. The van der Waals surface area contributed by atoms with Gasteiger partial charge in [-0.05, 0) is 49.6 Å². The van der Waals surface area contributed by atoms with Crippen LogP contribution in [0.5, 0.6) is 0 Å². The topological polar surface area (TPSA) is 91.7 Å². The van der Waals surface area contributed by atoms with E-state index in [0.29, 0.717) is 30.5 Å². The third-order valence-corrected chi connectivity index (χ3v) is 4.53. The lowest BCUT2D eigenvalue weighted by atomic mass is 10.1. The summed E-state index contributed by atoms with van der Waals surface area (Å²) in [7, 11) is 0. The molecule has 7 nitrogen and oxygen atoms in total. The van der Waals surface area contributed by atoms with Crippen LogP contribution in [0.15, 0.2) is 47.1 Å². The highest BCUT2D eigenvalue weighted by atomic mass is 16.3. The number of carbonyl (C=O) groups is 3. The Morgan fingerprint density at radius 3 is 2.43 bits per heavy atom. The van der Waals surface area contributed by atoms with Gasteiger partial charge in [0.2, 0.25) is 11.8 Å². The van der Waals surface area contributed by atoms with Crippen LogP contribution in [0.4, 0.5) is 0 Å². The minimum atomic E-state index is -0.643. The van der Waals surface area contributed by atoms with Crippen LogP contribution in [-0.2, 0) is 22.7 Å². The van der Waals surface area contributed by atoms with Crippen molar-refractivity contribution in [3.05, 3.63) is 59.5 Å². The second-order valence-corrected chi connectivity index (χ2v) is 7.14. The van der Waals surface area contributed by atoms with Crippen molar-refractivity contribution in [2.75, 3.05) is 0 Å². The van der Waals surface area contributed by atoms with Crippen molar-refractivity contribution in [2.24, 2.45) is 0 Å². The second-order valence-electron chi connectivity index (χ2n) is 7.14. The van der Waals surface area contributed by atoms with E-state index in [0.717, 1.165) is 18.4 Å². The fourth-order valence-electron chi connectivity index (χ4n) is 2.92. The second kappa shape index (κ2) is 8.73. The predicted octanol–water partition coefficient (Wildman–Crippen LogP) is 2.23. The molecule has 1 saturated carbocycles. The van der Waals surface area contributed by atoms with Crippen molar-refractivity contribution in [2.45, 2.75) is 51.9 Å². The minimum absolute atomic E-state index is 0.0724. The number of benzene rings is 1. The first-order valence-corrected chi connectivity index (χ1v) is 9.40. The molecule has 1 aromatic carbocycles. The molecule has 0 bridgehead atoms. The molecule has 0 saturated heterocycles. The lowest BCUT2D eigenvalue weighted by Gasteiger charge is -2.25. The lowest BCUT2D eigenvalue weighted by Crippen LogP contribution is -2.45. The maximum absolute atomic E-state index is 12.8. The number of rotatable bonds is 8. The van der Waals surface area contributed by atoms with Gasteiger partial charge in [-0.3, -0.25) is 14.4 Å². The SMILES string of the molecule is CC(=O)NC(C)C(=O)N(Cc1ccc(C(=O)NC2CC2)cc1)Cc1ccco1. The fraction of sp³-hybridized carbons (Fsp3) is 0.381. The summed E-state index contributed by atoms with van der Waals surface area (Å²) in [6.07, 6.45) is 3.64. The van der Waals surface area contributed by atoms with Gasteiger partial charge in [-0.2, -0.15) is 0 Å². The summed E-state index contributed by atoms with van der Waals surface area (Å²) in [5, 5.41) is 5.58. The average molecular weight is 383 g/mol. The summed E-state index contributed by atoms with van der Waals surface area (Å²) in [6, 6.07) is 10.4. The van der Waals surface area contributed by atoms with Crippen LogP contribution in [0.2, 0.25) is 0 Å². The number of nitrogens with one attached hydrogen (secondary N) is 2. The normalized spacial score (nSPS) is 14.2. The summed E-state index contributed by atoms with van der Waals surface area (Å²) in [4.78, 5) is 37.9. The van der Waals surface area contributed by atoms with Gasteiger partial charge in [0, 0.05) is 25.1 Å². The zero-order valence-corrected chi connectivity index (χ0v) is 16.1. The van der Waals surface area contributed by atoms with Crippen LogP contribution in [0.25, 0.3) is 0 Å². The molecule has 3 amide bonds. The van der Waals surface area contributed by atoms with Crippen LogP contribution >= 0.6 is 0 Å². The van der Waals surface area contributed by atoms with E-state index in [4.69, 9.17) is 4.42 Å². The van der Waals surface area contributed by atoms with E-state index in [1.54, 1.807) is 42.4 Å². The van der Waals surface area contributed by atoms with Crippen molar-refractivity contribution in [1.29, 1.82) is 0 Å². The quantitative estimate of drug-likeness (QED) is 0.731. The third-order valence-electron chi connectivity index (χ3n) is 4.53. The van der Waals surface area contributed by atoms with Crippen LogP contribution in [0.3, 0.4) is 0 Å². The van der Waals surface area contributed by atoms with Gasteiger partial charge in [0.05, 0.1) is 12.8 Å². The maximum Gasteiger partial charge on any atom is 0.251 e. The molecule has 0 aliphatic heterocycles. The molecule has 148 valence electrons. The van der Waals surface area contributed by atoms with Gasteiger partial charge in [0.15, 0.2) is 0 Å². The van der Waals surface area contributed by atoms with Crippen LogP contribution in [0.1, 0.15) is 48.4 Å². The Bertz CT molecular complexity index is 826. The third kappa shape index (κ3) is 5.45. The number of amides is 3. The fourth-order valence-corrected chi connectivity index (χ4v) is 2.92. The van der Waals surface area contributed by atoms with Crippen molar-refractivity contribution >= 4 is 17.7 Å². The standard InChI is InChI=1S/C21H25N3O4/c1-14(22-15(2)25)21(27)24(13-19-4-3-11-28-19)12-16-5-7-17(8-6-16)20(26)23-18-9-10-18/h3-8,11,14,18H,9-10,12-13H2,1-2H3,(H,22,25)(H,23,26). The number of hydrogen-bond acceptors (Lipinski definition) is 4. The van der Waals surface area contributed by atoms with Gasteiger partial charge < -0.3 is 20.0 Å². The lowest BCUT2D eigenvalue weighted by molar-refractivity contribution is -0.136. The molecule has 1 unspecified atom stereocenters. The molecule has 1 atom stereocenters. The van der Waals surface area contributed by atoms with Crippen molar-refractivity contribution in [3.63, 3.8) is 0 Å². The molecular weight excluding hydrogens is 358 g/mol. The summed E-state index contributed by atoms with van der Waals surface area (Å²) >= 11 is 0. The molecule has 0 spiro atoms. The van der Waals surface area contributed by atoms with E-state index in [1.807, 2.05) is 12.1 Å². The zero-order valence-electron chi connectivity index (χ0n) is 16.1. The van der Waals surface area contributed by atoms with E-state index in [-0.39, 0.29) is 17.7 Å². The summed E-state index contributed by atoms with van der Waals surface area (Å²) < 4.78 is 5.37. The molecule has 1 aliphatic carbocycles. The Labute approximate surface area is 164 Å². The van der Waals surface area contributed by atoms with Crippen molar-refractivity contribution in [1.82, 2.24) is 15.5 Å². The molecule has 3 rings (SSSR count). The van der Waals surface area contributed by atoms with Gasteiger partial charge in [0.25, 0.3) is 5.91 Å². The van der Waals surface area contributed by atoms with E-state index >= 15 is 0 Å². The van der Waals surface area contributed by atoms with Gasteiger partial charge in [-0.1, -0.05) is 12.1 Å². The highest BCUT2D eigenvalue weighted by Crippen LogP contribution is 2.19. The van der Waals surface area contributed by atoms with E-state index in [9.17, 15) is 14.4 Å². The molecule has 1 aliphatic rings. The molecule has 0 radical (unpaired) electrons. The average Bonchev–Trinajstić information content (AvgIpc) is 3.32. The first-order chi connectivity index (χ1) is 13.4. The minimum Gasteiger partial charge on any atom is -0.467 e.